The van der Waals surface area contributed by atoms with Crippen LogP contribution in [-0.2, 0) is 0 Å². The van der Waals surface area contributed by atoms with Crippen LogP contribution in [-0.4, -0.2) is 19.1 Å². The lowest BCUT2D eigenvalue weighted by molar-refractivity contribution is 0.238. The van der Waals surface area contributed by atoms with E-state index in [0.717, 1.165) is 37.8 Å². The highest BCUT2D eigenvalue weighted by Gasteiger charge is 2.14. The minimum Gasteiger partial charge on any atom is -0.338 e. The molecule has 0 atom stereocenters. The molecule has 21 heavy (non-hydrogen) atoms. The zero-order chi connectivity index (χ0) is 14.8. The van der Waals surface area contributed by atoms with Gasteiger partial charge in [-0.25, -0.2) is 4.79 Å². The summed E-state index contributed by atoms with van der Waals surface area (Å²) in [4.78, 5) is 11.7. The van der Waals surface area contributed by atoms with E-state index in [9.17, 15) is 4.79 Å². The fourth-order valence-corrected chi connectivity index (χ4v) is 4.00. The van der Waals surface area contributed by atoms with Crippen molar-refractivity contribution in [1.82, 2.24) is 10.6 Å². The summed E-state index contributed by atoms with van der Waals surface area (Å²) in [5, 5.41) is 6.03. The molecule has 0 unspecified atom stereocenters. The number of hydrogen-bond acceptors (Lipinski definition) is 1. The number of rotatable bonds is 7. The standard InChI is InChI=1S/C18H34N2O/c21-18(20-15-13-17-10-5-2-6-11-17)19-14-7-12-16-8-3-1-4-9-16/h16-17H,1-15H2,(H2,19,20,21). The van der Waals surface area contributed by atoms with Gasteiger partial charge in [0.05, 0.1) is 0 Å². The highest BCUT2D eigenvalue weighted by molar-refractivity contribution is 5.73. The van der Waals surface area contributed by atoms with E-state index in [1.165, 1.54) is 70.6 Å². The Kier molecular flexibility index (Phi) is 7.98. The van der Waals surface area contributed by atoms with E-state index in [-0.39, 0.29) is 6.03 Å². The van der Waals surface area contributed by atoms with Crippen molar-refractivity contribution in [2.45, 2.75) is 83.5 Å². The number of nitrogens with one attached hydrogen (secondary N) is 2. The van der Waals surface area contributed by atoms with Crippen molar-refractivity contribution in [2.24, 2.45) is 11.8 Å². The lowest BCUT2D eigenvalue weighted by atomic mass is 9.86. The molecule has 2 aliphatic carbocycles. The molecule has 2 aliphatic rings. The molecule has 2 fully saturated rings. The number of urea groups is 1. The molecular weight excluding hydrogens is 260 g/mol. The fourth-order valence-electron chi connectivity index (χ4n) is 4.00. The summed E-state index contributed by atoms with van der Waals surface area (Å²) in [6.45, 7) is 1.69. The molecule has 2 amide bonds. The topological polar surface area (TPSA) is 41.1 Å². The van der Waals surface area contributed by atoms with E-state index in [1.807, 2.05) is 0 Å². The van der Waals surface area contributed by atoms with Gasteiger partial charge in [-0.3, -0.25) is 0 Å². The second-order valence-electron chi connectivity index (χ2n) is 7.12. The molecule has 0 bridgehead atoms. The highest BCUT2D eigenvalue weighted by atomic mass is 16.2. The molecule has 0 aromatic heterocycles. The maximum absolute atomic E-state index is 11.7. The molecule has 3 heteroatoms. The Morgan fingerprint density at radius 1 is 0.714 bits per heavy atom. The Morgan fingerprint density at radius 3 is 1.86 bits per heavy atom. The van der Waals surface area contributed by atoms with Crippen molar-refractivity contribution in [1.29, 1.82) is 0 Å². The van der Waals surface area contributed by atoms with Gasteiger partial charge in [-0.1, -0.05) is 64.2 Å². The Hall–Kier alpha value is -0.730. The average molecular weight is 294 g/mol. The number of amides is 2. The van der Waals surface area contributed by atoms with Gasteiger partial charge in [-0.2, -0.15) is 0 Å². The summed E-state index contributed by atoms with van der Waals surface area (Å²) in [7, 11) is 0. The third kappa shape index (κ3) is 7.19. The van der Waals surface area contributed by atoms with Crippen molar-refractivity contribution in [3.8, 4) is 0 Å². The minimum absolute atomic E-state index is 0.0365. The SMILES string of the molecule is O=C(NCCCC1CCCCC1)NCCC1CCCCC1. The first-order chi connectivity index (χ1) is 10.3. The zero-order valence-electron chi connectivity index (χ0n) is 13.7. The largest absolute Gasteiger partial charge is 0.338 e. The van der Waals surface area contributed by atoms with Gasteiger partial charge in [0.2, 0.25) is 0 Å². The second-order valence-corrected chi connectivity index (χ2v) is 7.12. The van der Waals surface area contributed by atoms with Crippen molar-refractivity contribution >= 4 is 6.03 Å². The third-order valence-electron chi connectivity index (χ3n) is 5.36. The Labute approximate surface area is 130 Å². The van der Waals surface area contributed by atoms with Gasteiger partial charge in [0.25, 0.3) is 0 Å². The molecule has 2 N–H and O–H groups in total. The van der Waals surface area contributed by atoms with E-state index in [1.54, 1.807) is 0 Å². The van der Waals surface area contributed by atoms with E-state index in [2.05, 4.69) is 10.6 Å². The lowest BCUT2D eigenvalue weighted by Gasteiger charge is -2.22. The van der Waals surface area contributed by atoms with E-state index in [0.29, 0.717) is 0 Å². The van der Waals surface area contributed by atoms with Gasteiger partial charge in [0.1, 0.15) is 0 Å². The number of hydrogen-bond donors (Lipinski definition) is 2. The van der Waals surface area contributed by atoms with Gasteiger partial charge in [0, 0.05) is 13.1 Å². The van der Waals surface area contributed by atoms with Gasteiger partial charge in [0.15, 0.2) is 0 Å². The van der Waals surface area contributed by atoms with Crippen LogP contribution in [0, 0.1) is 11.8 Å². The van der Waals surface area contributed by atoms with Crippen LogP contribution in [0.5, 0.6) is 0 Å². The van der Waals surface area contributed by atoms with Crippen LogP contribution in [0.25, 0.3) is 0 Å². The molecule has 122 valence electrons. The number of carbonyl (C=O) groups is 1. The van der Waals surface area contributed by atoms with Crippen LogP contribution in [0.3, 0.4) is 0 Å². The first-order valence-corrected chi connectivity index (χ1v) is 9.36. The monoisotopic (exact) mass is 294 g/mol. The summed E-state index contributed by atoms with van der Waals surface area (Å²) in [5.74, 6) is 1.78. The summed E-state index contributed by atoms with van der Waals surface area (Å²) in [5.41, 5.74) is 0. The molecule has 0 radical (unpaired) electrons. The Morgan fingerprint density at radius 2 is 1.24 bits per heavy atom. The molecule has 0 aromatic rings. The van der Waals surface area contributed by atoms with Crippen molar-refractivity contribution in [3.05, 3.63) is 0 Å². The quantitative estimate of drug-likeness (QED) is 0.661. The van der Waals surface area contributed by atoms with Gasteiger partial charge in [-0.05, 0) is 31.1 Å². The first-order valence-electron chi connectivity index (χ1n) is 9.36. The summed E-state index contributed by atoms with van der Waals surface area (Å²) in [6, 6.07) is 0.0365. The van der Waals surface area contributed by atoms with Gasteiger partial charge < -0.3 is 10.6 Å². The van der Waals surface area contributed by atoms with Crippen molar-refractivity contribution in [2.75, 3.05) is 13.1 Å². The molecule has 2 rings (SSSR count). The molecule has 0 aliphatic heterocycles. The third-order valence-corrected chi connectivity index (χ3v) is 5.36. The summed E-state index contributed by atoms with van der Waals surface area (Å²) < 4.78 is 0. The van der Waals surface area contributed by atoms with Crippen molar-refractivity contribution in [3.63, 3.8) is 0 Å². The van der Waals surface area contributed by atoms with E-state index < -0.39 is 0 Å². The molecule has 0 saturated heterocycles. The van der Waals surface area contributed by atoms with Crippen molar-refractivity contribution < 1.29 is 4.79 Å². The summed E-state index contributed by atoms with van der Waals surface area (Å²) in [6.07, 6.45) is 17.6. The van der Waals surface area contributed by atoms with Crippen LogP contribution >= 0.6 is 0 Å². The molecule has 0 aromatic carbocycles. The smallest absolute Gasteiger partial charge is 0.314 e. The molecular formula is C18H34N2O. The lowest BCUT2D eigenvalue weighted by Crippen LogP contribution is -2.37. The van der Waals surface area contributed by atoms with Gasteiger partial charge in [-0.15, -0.1) is 0 Å². The van der Waals surface area contributed by atoms with Crippen LogP contribution in [0.15, 0.2) is 0 Å². The maximum Gasteiger partial charge on any atom is 0.314 e. The predicted molar refractivity (Wildman–Crippen MR) is 88.4 cm³/mol. The first kappa shape index (κ1) is 16.6. The maximum atomic E-state index is 11.7. The molecule has 3 nitrogen and oxygen atoms in total. The average Bonchev–Trinajstić information content (AvgIpc) is 2.54. The normalized spacial score (nSPS) is 21.1. The number of carbonyl (C=O) groups excluding carboxylic acids is 1. The molecule has 0 spiro atoms. The zero-order valence-corrected chi connectivity index (χ0v) is 13.7. The minimum atomic E-state index is 0.0365. The predicted octanol–water partition coefficient (Wildman–Crippen LogP) is 4.62. The van der Waals surface area contributed by atoms with E-state index in [4.69, 9.17) is 0 Å². The highest BCUT2D eigenvalue weighted by Crippen LogP contribution is 2.27. The van der Waals surface area contributed by atoms with Crippen LogP contribution < -0.4 is 10.6 Å². The van der Waals surface area contributed by atoms with Crippen LogP contribution in [0.4, 0.5) is 4.79 Å². The molecule has 0 heterocycles. The van der Waals surface area contributed by atoms with Crippen LogP contribution in [0.1, 0.15) is 83.5 Å². The van der Waals surface area contributed by atoms with Crippen LogP contribution in [0.2, 0.25) is 0 Å². The molecule has 2 saturated carbocycles. The summed E-state index contributed by atoms with van der Waals surface area (Å²) >= 11 is 0. The Bertz CT molecular complexity index is 281. The second kappa shape index (κ2) is 10.1. The van der Waals surface area contributed by atoms with Gasteiger partial charge >= 0.3 is 6.03 Å². The van der Waals surface area contributed by atoms with E-state index >= 15 is 0 Å². The Balaban J connectivity index is 1.42. The fraction of sp³-hybridized carbons (Fsp3) is 0.944.